The Morgan fingerprint density at radius 2 is 2.45 bits per heavy atom. The summed E-state index contributed by atoms with van der Waals surface area (Å²) in [6.07, 6.45) is 3.00. The Morgan fingerprint density at radius 1 is 1.82 bits per heavy atom. The Bertz CT molecular complexity index is 224. The number of aromatic amines is 1. The van der Waals surface area contributed by atoms with Gasteiger partial charge in [0.15, 0.2) is 12.2 Å². The molecule has 6 heteroatoms. The summed E-state index contributed by atoms with van der Waals surface area (Å²) in [5.74, 6) is -1.13. The number of rotatable bonds is 2. The summed E-state index contributed by atoms with van der Waals surface area (Å²) in [6, 6.07) is -0.692. The van der Waals surface area contributed by atoms with Crippen molar-refractivity contribution in [2.75, 3.05) is 0 Å². The molecule has 1 atom stereocenters. The van der Waals surface area contributed by atoms with E-state index in [-0.39, 0.29) is 29.6 Å². The second-order valence-electron chi connectivity index (χ2n) is 1.93. The Morgan fingerprint density at radius 3 is 2.82 bits per heavy atom. The molecule has 0 radical (unpaired) electrons. The molecule has 1 aromatic rings. The van der Waals surface area contributed by atoms with Crippen LogP contribution >= 0.6 is 0 Å². The van der Waals surface area contributed by atoms with Crippen LogP contribution in [0.1, 0.15) is 13.0 Å². The number of carboxylic acids is 1. The van der Waals surface area contributed by atoms with E-state index in [1.54, 1.807) is 0 Å². The number of nitrogens with one attached hydrogen (secondary N) is 1. The average Bonchev–Trinajstić information content (AvgIpc) is 2.36. The summed E-state index contributed by atoms with van der Waals surface area (Å²) in [5.41, 5.74) is 0. The first-order chi connectivity index (χ1) is 4.72. The van der Waals surface area contributed by atoms with Crippen LogP contribution in [0.5, 0.6) is 0 Å². The van der Waals surface area contributed by atoms with E-state index in [0.717, 1.165) is 0 Å². The van der Waals surface area contributed by atoms with E-state index in [0.29, 0.717) is 0 Å². The Balaban J connectivity index is 0.000001000. The second-order valence-corrected chi connectivity index (χ2v) is 1.93. The zero-order valence-electron chi connectivity index (χ0n) is 6.44. The van der Waals surface area contributed by atoms with E-state index in [4.69, 9.17) is 0 Å². The second kappa shape index (κ2) is 4.48. The molecule has 0 saturated carbocycles. The zero-order valence-corrected chi connectivity index (χ0v) is 8.44. The zero-order chi connectivity index (χ0) is 7.56. The molecular formula is C5H7N3NaO2+. The number of carbonyl (C=O) groups excluding carboxylic acids is 1. The van der Waals surface area contributed by atoms with Crippen molar-refractivity contribution in [3.05, 3.63) is 12.4 Å². The van der Waals surface area contributed by atoms with Crippen molar-refractivity contribution in [2.45, 2.75) is 13.0 Å². The topological polar surface area (TPSA) is 72.7 Å². The van der Waals surface area contributed by atoms with Gasteiger partial charge in [0.05, 0.1) is 5.97 Å². The molecule has 0 amide bonds. The molecule has 0 aromatic carbocycles. The van der Waals surface area contributed by atoms with Crippen LogP contribution in [0.3, 0.4) is 0 Å². The fourth-order valence-electron chi connectivity index (χ4n) is 0.568. The van der Waals surface area contributed by atoms with Gasteiger partial charge in [-0.05, 0) is 6.92 Å². The van der Waals surface area contributed by atoms with Gasteiger partial charge in [0.25, 0.3) is 0 Å². The van der Waals surface area contributed by atoms with Crippen LogP contribution in [0.4, 0.5) is 0 Å². The Labute approximate surface area is 85.7 Å². The maximum absolute atomic E-state index is 10.2. The molecule has 1 rings (SSSR count). The van der Waals surface area contributed by atoms with Gasteiger partial charge in [-0.3, -0.25) is 0 Å². The quantitative estimate of drug-likeness (QED) is 0.351. The number of H-pyrrole nitrogens is 1. The van der Waals surface area contributed by atoms with Crippen LogP contribution in [0.15, 0.2) is 12.4 Å². The summed E-state index contributed by atoms with van der Waals surface area (Å²) in [4.78, 5) is 10.2. The number of carboxylic acid groups (broad SMARTS) is 1. The Hall–Kier alpha value is -0.390. The Kier molecular flexibility index (Phi) is 4.32. The summed E-state index contributed by atoms with van der Waals surface area (Å²) >= 11 is 0. The number of carbonyl (C=O) groups is 1. The summed E-state index contributed by atoms with van der Waals surface area (Å²) in [7, 11) is 0. The fraction of sp³-hybridized carbons (Fsp3) is 0.400. The van der Waals surface area contributed by atoms with Crippen molar-refractivity contribution in [3.63, 3.8) is 0 Å². The van der Waals surface area contributed by atoms with Gasteiger partial charge in [-0.2, -0.15) is 4.68 Å². The normalized spacial score (nSPS) is 11.7. The minimum atomic E-state index is -1.13. The third kappa shape index (κ3) is 2.61. The van der Waals surface area contributed by atoms with E-state index in [2.05, 4.69) is 10.3 Å². The molecule has 11 heavy (non-hydrogen) atoms. The monoisotopic (exact) mass is 164 g/mol. The predicted molar refractivity (Wildman–Crippen MR) is 28.5 cm³/mol. The van der Waals surface area contributed by atoms with Gasteiger partial charge in [0.1, 0.15) is 0 Å². The number of aliphatic carboxylic acids is 1. The number of hydrogen-bond donors (Lipinski definition) is 1. The molecule has 54 valence electrons. The van der Waals surface area contributed by atoms with E-state index in [9.17, 15) is 9.90 Å². The molecule has 0 fully saturated rings. The van der Waals surface area contributed by atoms with Crippen molar-refractivity contribution in [1.82, 2.24) is 10.3 Å². The van der Waals surface area contributed by atoms with Gasteiger partial charge < -0.3 is 9.90 Å². The molecule has 0 aliphatic rings. The van der Waals surface area contributed by atoms with Crippen molar-refractivity contribution < 1.29 is 44.1 Å². The largest absolute Gasteiger partial charge is 1.00 e. The van der Waals surface area contributed by atoms with Crippen molar-refractivity contribution in [1.29, 1.82) is 0 Å². The van der Waals surface area contributed by atoms with E-state index >= 15 is 0 Å². The molecule has 1 N–H and O–H groups in total. The van der Waals surface area contributed by atoms with Gasteiger partial charge >= 0.3 is 29.6 Å². The van der Waals surface area contributed by atoms with Crippen LogP contribution in [-0.2, 0) is 4.79 Å². The first kappa shape index (κ1) is 10.6. The first-order valence-electron chi connectivity index (χ1n) is 2.83. The molecule has 0 spiro atoms. The van der Waals surface area contributed by atoms with Gasteiger partial charge in [-0.25, -0.2) is 0 Å². The minimum absolute atomic E-state index is 0. The summed E-state index contributed by atoms with van der Waals surface area (Å²) in [5, 5.41) is 16.3. The molecule has 0 aliphatic carbocycles. The molecule has 1 aromatic heterocycles. The van der Waals surface area contributed by atoms with E-state index in [1.165, 1.54) is 24.0 Å². The molecule has 0 saturated heterocycles. The van der Waals surface area contributed by atoms with E-state index < -0.39 is 12.0 Å². The number of aromatic nitrogens is 3. The number of hydrogen-bond acceptors (Lipinski definition) is 3. The fourth-order valence-corrected chi connectivity index (χ4v) is 0.568. The van der Waals surface area contributed by atoms with Crippen LogP contribution in [0.25, 0.3) is 0 Å². The maximum atomic E-state index is 10.2. The molecule has 1 unspecified atom stereocenters. The third-order valence-corrected chi connectivity index (χ3v) is 1.23. The van der Waals surface area contributed by atoms with Crippen LogP contribution in [0.2, 0.25) is 0 Å². The molecule has 0 bridgehead atoms. The average molecular weight is 164 g/mol. The molecule has 1 heterocycles. The molecule has 0 aliphatic heterocycles. The SMILES string of the molecule is CC(C(=O)[O-])[n+]1ccn[nH]1.[Na+]. The predicted octanol–water partition coefficient (Wildman–Crippen LogP) is -4.99. The van der Waals surface area contributed by atoms with Crippen molar-refractivity contribution >= 4 is 5.97 Å². The van der Waals surface area contributed by atoms with Gasteiger partial charge in [0.2, 0.25) is 6.20 Å². The molecule has 5 nitrogen and oxygen atoms in total. The van der Waals surface area contributed by atoms with Crippen LogP contribution < -0.4 is 39.3 Å². The smallest absolute Gasteiger partial charge is 0.545 e. The third-order valence-electron chi connectivity index (χ3n) is 1.23. The van der Waals surface area contributed by atoms with Crippen LogP contribution in [-0.4, -0.2) is 16.3 Å². The summed E-state index contributed by atoms with van der Waals surface area (Å²) in [6.45, 7) is 1.51. The van der Waals surface area contributed by atoms with E-state index in [1.807, 2.05) is 0 Å². The summed E-state index contributed by atoms with van der Waals surface area (Å²) < 4.78 is 1.34. The van der Waals surface area contributed by atoms with Gasteiger partial charge in [0, 0.05) is 5.10 Å². The van der Waals surface area contributed by atoms with Crippen LogP contribution in [0, 0.1) is 0 Å². The van der Waals surface area contributed by atoms with Crippen molar-refractivity contribution in [2.24, 2.45) is 0 Å². The standard InChI is InChI=1S/C5H7N3O2.Na/c1-4(5(9)10)8-3-2-6-7-8;/h2-4H,1H3,(H,9,10);/q;+1. The molecular weight excluding hydrogens is 157 g/mol. The van der Waals surface area contributed by atoms with Gasteiger partial charge in [-0.1, -0.05) is 5.21 Å². The van der Waals surface area contributed by atoms with Gasteiger partial charge in [-0.15, -0.1) is 0 Å². The number of nitrogens with zero attached hydrogens (tertiary/aromatic N) is 2. The van der Waals surface area contributed by atoms with Crippen molar-refractivity contribution in [3.8, 4) is 0 Å². The maximum Gasteiger partial charge on any atom is 1.00 e. The first-order valence-corrected chi connectivity index (χ1v) is 2.83. The minimum Gasteiger partial charge on any atom is -0.545 e.